The molecule has 1 fully saturated rings. The predicted molar refractivity (Wildman–Crippen MR) is 113 cm³/mol. The summed E-state index contributed by atoms with van der Waals surface area (Å²) in [5.41, 5.74) is 12.9. The molecule has 0 aliphatic heterocycles. The SMILES string of the molecule is CC(=NNC(=O)C1CC1(c1ccccc1)c1ccccc1)c1cccc(N)c1. The van der Waals surface area contributed by atoms with Gasteiger partial charge in [-0.2, -0.15) is 5.10 Å². The highest BCUT2D eigenvalue weighted by Gasteiger charge is 2.60. The van der Waals surface area contributed by atoms with Gasteiger partial charge in [-0.25, -0.2) is 5.43 Å². The quantitative estimate of drug-likeness (QED) is 0.404. The van der Waals surface area contributed by atoms with Crippen LogP contribution in [0.4, 0.5) is 5.69 Å². The Labute approximate surface area is 165 Å². The summed E-state index contributed by atoms with van der Waals surface area (Å²) in [6.07, 6.45) is 0.777. The van der Waals surface area contributed by atoms with Crippen molar-refractivity contribution >= 4 is 17.3 Å². The van der Waals surface area contributed by atoms with Gasteiger partial charge in [0.25, 0.3) is 0 Å². The first kappa shape index (κ1) is 18.0. The van der Waals surface area contributed by atoms with E-state index in [4.69, 9.17) is 5.73 Å². The number of nitrogens with zero attached hydrogens (tertiary/aromatic N) is 1. The van der Waals surface area contributed by atoms with Gasteiger partial charge in [-0.05, 0) is 42.2 Å². The van der Waals surface area contributed by atoms with E-state index in [1.54, 1.807) is 0 Å². The van der Waals surface area contributed by atoms with Crippen LogP contribution in [0, 0.1) is 5.92 Å². The van der Waals surface area contributed by atoms with Crippen LogP contribution in [0.3, 0.4) is 0 Å². The summed E-state index contributed by atoms with van der Waals surface area (Å²) in [5.74, 6) is -0.203. The average molecular weight is 369 g/mol. The Balaban J connectivity index is 1.57. The lowest BCUT2D eigenvalue weighted by atomic mass is 9.85. The third-order valence-electron chi connectivity index (χ3n) is 5.49. The number of benzene rings is 3. The third kappa shape index (κ3) is 3.29. The Kier molecular flexibility index (Phi) is 4.70. The Hall–Kier alpha value is -3.40. The van der Waals surface area contributed by atoms with Crippen LogP contribution < -0.4 is 11.2 Å². The lowest BCUT2D eigenvalue weighted by Gasteiger charge is -2.18. The Bertz CT molecular complexity index is 973. The number of nitrogens with one attached hydrogen (secondary N) is 1. The Morgan fingerprint density at radius 2 is 1.57 bits per heavy atom. The summed E-state index contributed by atoms with van der Waals surface area (Å²) in [4.78, 5) is 12.9. The number of hydrogen-bond donors (Lipinski definition) is 2. The van der Waals surface area contributed by atoms with E-state index in [1.807, 2.05) is 67.6 Å². The summed E-state index contributed by atoms with van der Waals surface area (Å²) in [7, 11) is 0. The summed E-state index contributed by atoms with van der Waals surface area (Å²) >= 11 is 0. The number of hydrazone groups is 1. The molecule has 3 aromatic carbocycles. The van der Waals surface area contributed by atoms with Crippen molar-refractivity contribution in [2.24, 2.45) is 11.0 Å². The molecule has 1 aliphatic rings. The molecule has 3 aromatic rings. The molecule has 0 spiro atoms. The molecule has 0 aromatic heterocycles. The van der Waals surface area contributed by atoms with E-state index in [-0.39, 0.29) is 17.2 Å². The molecule has 0 bridgehead atoms. The van der Waals surface area contributed by atoms with E-state index >= 15 is 0 Å². The fraction of sp³-hybridized carbons (Fsp3) is 0.167. The molecule has 1 saturated carbocycles. The molecule has 4 heteroatoms. The van der Waals surface area contributed by atoms with Crippen molar-refractivity contribution in [1.29, 1.82) is 0 Å². The third-order valence-corrected chi connectivity index (χ3v) is 5.49. The van der Waals surface area contributed by atoms with Gasteiger partial charge < -0.3 is 5.73 Å². The summed E-state index contributed by atoms with van der Waals surface area (Å²) < 4.78 is 0. The molecule has 140 valence electrons. The van der Waals surface area contributed by atoms with Crippen LogP contribution in [0.2, 0.25) is 0 Å². The molecule has 0 heterocycles. The predicted octanol–water partition coefficient (Wildman–Crippen LogP) is 4.12. The van der Waals surface area contributed by atoms with Gasteiger partial charge in [-0.3, -0.25) is 4.79 Å². The van der Waals surface area contributed by atoms with Crippen LogP contribution in [-0.4, -0.2) is 11.6 Å². The maximum absolute atomic E-state index is 12.9. The lowest BCUT2D eigenvalue weighted by molar-refractivity contribution is -0.122. The minimum Gasteiger partial charge on any atom is -0.399 e. The first-order chi connectivity index (χ1) is 13.6. The first-order valence-electron chi connectivity index (χ1n) is 9.42. The number of amides is 1. The van der Waals surface area contributed by atoms with Gasteiger partial charge in [0, 0.05) is 11.1 Å². The summed E-state index contributed by atoms with van der Waals surface area (Å²) in [6, 6.07) is 28.0. The van der Waals surface area contributed by atoms with Crippen LogP contribution in [0.1, 0.15) is 30.0 Å². The molecule has 4 rings (SSSR count). The minimum absolute atomic E-state index is 0.0593. The molecule has 1 unspecified atom stereocenters. The molecule has 0 saturated heterocycles. The van der Waals surface area contributed by atoms with Gasteiger partial charge in [0.15, 0.2) is 0 Å². The topological polar surface area (TPSA) is 67.5 Å². The Morgan fingerprint density at radius 1 is 0.964 bits per heavy atom. The second kappa shape index (κ2) is 7.31. The minimum atomic E-state index is -0.285. The second-order valence-corrected chi connectivity index (χ2v) is 7.26. The van der Waals surface area contributed by atoms with Gasteiger partial charge in [0.2, 0.25) is 5.91 Å². The largest absolute Gasteiger partial charge is 0.399 e. The van der Waals surface area contributed by atoms with Gasteiger partial charge in [0.05, 0.1) is 11.6 Å². The van der Waals surface area contributed by atoms with Crippen molar-refractivity contribution in [1.82, 2.24) is 5.43 Å². The first-order valence-corrected chi connectivity index (χ1v) is 9.42. The molecule has 1 aliphatic carbocycles. The number of anilines is 1. The van der Waals surface area contributed by atoms with Crippen LogP contribution in [0.15, 0.2) is 90.0 Å². The molecule has 3 N–H and O–H groups in total. The van der Waals surface area contributed by atoms with E-state index in [9.17, 15) is 4.79 Å². The highest BCUT2D eigenvalue weighted by Crippen LogP contribution is 2.58. The molecule has 1 atom stereocenters. The van der Waals surface area contributed by atoms with Crippen LogP contribution in [0.25, 0.3) is 0 Å². The van der Waals surface area contributed by atoms with E-state index in [1.165, 1.54) is 0 Å². The van der Waals surface area contributed by atoms with Crippen molar-refractivity contribution in [3.8, 4) is 0 Å². The fourth-order valence-electron chi connectivity index (χ4n) is 3.90. The lowest BCUT2D eigenvalue weighted by Crippen LogP contribution is -2.26. The van der Waals surface area contributed by atoms with Gasteiger partial charge in [0.1, 0.15) is 0 Å². The standard InChI is InChI=1S/C24H23N3O/c1-17(18-9-8-14-21(25)15-18)26-27-23(28)22-16-24(22,19-10-4-2-5-11-19)20-12-6-3-7-13-20/h2-15,22H,16,25H2,1H3,(H,27,28). The maximum atomic E-state index is 12.9. The van der Waals surface area contributed by atoms with Crippen LogP contribution in [-0.2, 0) is 10.2 Å². The molecule has 1 amide bonds. The fourth-order valence-corrected chi connectivity index (χ4v) is 3.90. The number of nitrogen functional groups attached to an aromatic ring is 1. The van der Waals surface area contributed by atoms with E-state index < -0.39 is 0 Å². The van der Waals surface area contributed by atoms with E-state index in [0.717, 1.165) is 28.8 Å². The molecular weight excluding hydrogens is 346 g/mol. The van der Waals surface area contributed by atoms with Crippen LogP contribution in [0.5, 0.6) is 0 Å². The Morgan fingerprint density at radius 3 is 2.14 bits per heavy atom. The zero-order valence-corrected chi connectivity index (χ0v) is 15.8. The molecular formula is C24H23N3O. The maximum Gasteiger partial charge on any atom is 0.244 e. The summed E-state index contributed by atoms with van der Waals surface area (Å²) in [6.45, 7) is 1.86. The normalized spacial score (nSPS) is 17.8. The van der Waals surface area contributed by atoms with Gasteiger partial charge in [-0.1, -0.05) is 72.8 Å². The molecule has 0 radical (unpaired) electrons. The highest BCUT2D eigenvalue weighted by atomic mass is 16.2. The van der Waals surface area contributed by atoms with Crippen LogP contribution >= 0.6 is 0 Å². The number of rotatable bonds is 5. The zero-order valence-electron chi connectivity index (χ0n) is 15.8. The number of carbonyl (C=O) groups is 1. The number of carbonyl (C=O) groups excluding carboxylic acids is 1. The zero-order chi connectivity index (χ0) is 19.6. The second-order valence-electron chi connectivity index (χ2n) is 7.26. The number of nitrogens with two attached hydrogens (primary N) is 1. The number of hydrogen-bond acceptors (Lipinski definition) is 3. The van der Waals surface area contributed by atoms with Crippen molar-refractivity contribution in [2.45, 2.75) is 18.8 Å². The van der Waals surface area contributed by atoms with E-state index in [0.29, 0.717) is 5.69 Å². The molecule has 4 nitrogen and oxygen atoms in total. The van der Waals surface area contributed by atoms with Crippen molar-refractivity contribution in [3.63, 3.8) is 0 Å². The molecule has 28 heavy (non-hydrogen) atoms. The van der Waals surface area contributed by atoms with Crippen molar-refractivity contribution in [2.75, 3.05) is 5.73 Å². The van der Waals surface area contributed by atoms with Crippen molar-refractivity contribution in [3.05, 3.63) is 102 Å². The van der Waals surface area contributed by atoms with E-state index in [2.05, 4.69) is 34.8 Å². The van der Waals surface area contributed by atoms with Gasteiger partial charge in [-0.15, -0.1) is 0 Å². The van der Waals surface area contributed by atoms with Gasteiger partial charge >= 0.3 is 0 Å². The monoisotopic (exact) mass is 369 g/mol. The summed E-state index contributed by atoms with van der Waals surface area (Å²) in [5, 5.41) is 4.31. The van der Waals surface area contributed by atoms with Crippen molar-refractivity contribution < 1.29 is 4.79 Å². The smallest absolute Gasteiger partial charge is 0.244 e. The highest BCUT2D eigenvalue weighted by molar-refractivity contribution is 6.00. The average Bonchev–Trinajstić information content (AvgIpc) is 3.50.